The maximum Gasteiger partial charge on any atom is 0.374 e. The molecule has 1 heterocycles. The van der Waals surface area contributed by atoms with Gasteiger partial charge in [0.15, 0.2) is 0 Å². The van der Waals surface area contributed by atoms with Gasteiger partial charge in [-0.1, -0.05) is 42.5 Å². The number of hydrogen-bond donors (Lipinski definition) is 1. The summed E-state index contributed by atoms with van der Waals surface area (Å²) >= 11 is 0. The Kier molecular flexibility index (Phi) is 3.89. The van der Waals surface area contributed by atoms with Gasteiger partial charge in [-0.2, -0.15) is 0 Å². The van der Waals surface area contributed by atoms with Gasteiger partial charge in [0.2, 0.25) is 5.82 Å². The number of para-hydroxylation sites is 1. The summed E-state index contributed by atoms with van der Waals surface area (Å²) in [7, 11) is 1.36. The second kappa shape index (κ2) is 5.99. The van der Waals surface area contributed by atoms with E-state index in [2.05, 4.69) is 4.98 Å². The molecule has 0 saturated carbocycles. The Labute approximate surface area is 128 Å². The molecule has 0 aliphatic carbocycles. The Hall–Kier alpha value is -2.66. The number of methoxy groups -OCH3 is 1. The smallest absolute Gasteiger partial charge is 0.374 e. The minimum atomic E-state index is -0.449. The normalized spacial score (nSPS) is 10.8. The molecule has 0 atom stereocenters. The van der Waals surface area contributed by atoms with Gasteiger partial charge in [0.05, 0.1) is 18.1 Å². The van der Waals surface area contributed by atoms with Crippen LogP contribution in [0.4, 0.5) is 0 Å². The van der Waals surface area contributed by atoms with Crippen LogP contribution in [0, 0.1) is 0 Å². The topological polar surface area (TPSA) is 70.1 Å². The van der Waals surface area contributed by atoms with Crippen molar-refractivity contribution in [2.75, 3.05) is 7.11 Å². The third kappa shape index (κ3) is 2.46. The molecule has 0 unspecified atom stereocenters. The maximum absolute atomic E-state index is 12.1. The number of benzene rings is 2. The monoisotopic (exact) mass is 295 g/mol. The van der Waals surface area contributed by atoms with Gasteiger partial charge < -0.3 is 15.0 Å². The molecule has 112 valence electrons. The van der Waals surface area contributed by atoms with Gasteiger partial charge in [0.1, 0.15) is 0 Å². The molecule has 2 N–H and O–H groups in total. The van der Waals surface area contributed by atoms with Crippen LogP contribution >= 0.6 is 0 Å². The number of fused-ring (bicyclic) bond motifs is 1. The van der Waals surface area contributed by atoms with Gasteiger partial charge in [0, 0.05) is 13.1 Å². The van der Waals surface area contributed by atoms with E-state index in [0.29, 0.717) is 18.9 Å². The largest absolute Gasteiger partial charge is 0.463 e. The van der Waals surface area contributed by atoms with Crippen LogP contribution < -0.4 is 5.73 Å². The highest BCUT2D eigenvalue weighted by Gasteiger charge is 2.19. The van der Waals surface area contributed by atoms with Crippen molar-refractivity contribution in [3.05, 3.63) is 65.5 Å². The fourth-order valence-corrected chi connectivity index (χ4v) is 2.59. The van der Waals surface area contributed by atoms with E-state index in [1.165, 1.54) is 7.11 Å². The number of ether oxygens (including phenoxy) is 1. The van der Waals surface area contributed by atoms with Crippen molar-refractivity contribution in [1.82, 2.24) is 9.55 Å². The van der Waals surface area contributed by atoms with E-state index in [4.69, 9.17) is 10.5 Å². The van der Waals surface area contributed by atoms with E-state index in [1.807, 2.05) is 53.1 Å². The Morgan fingerprint density at radius 1 is 1.18 bits per heavy atom. The number of esters is 1. The van der Waals surface area contributed by atoms with Crippen molar-refractivity contribution in [3.8, 4) is 0 Å². The summed E-state index contributed by atoms with van der Waals surface area (Å²) in [5, 5.41) is 0. The highest BCUT2D eigenvalue weighted by molar-refractivity contribution is 5.92. The van der Waals surface area contributed by atoms with Crippen molar-refractivity contribution in [2.24, 2.45) is 5.73 Å². The molecule has 0 aliphatic rings. The van der Waals surface area contributed by atoms with Crippen LogP contribution in [0.5, 0.6) is 0 Å². The van der Waals surface area contributed by atoms with E-state index in [-0.39, 0.29) is 0 Å². The number of carbonyl (C=O) groups excluding carboxylic acids is 1. The first kappa shape index (κ1) is 14.3. The number of imidazole rings is 1. The second-order valence-electron chi connectivity index (χ2n) is 4.99. The van der Waals surface area contributed by atoms with Crippen molar-refractivity contribution in [2.45, 2.75) is 13.1 Å². The number of nitrogens with two attached hydrogens (primary N) is 1. The SMILES string of the molecule is COC(=O)c1nc2cccc(CN)c2n1Cc1ccccc1. The Morgan fingerprint density at radius 3 is 2.64 bits per heavy atom. The second-order valence-corrected chi connectivity index (χ2v) is 4.99. The first-order valence-electron chi connectivity index (χ1n) is 7.05. The van der Waals surface area contributed by atoms with Crippen LogP contribution in [0.15, 0.2) is 48.5 Å². The van der Waals surface area contributed by atoms with Gasteiger partial charge >= 0.3 is 5.97 Å². The zero-order valence-corrected chi connectivity index (χ0v) is 12.3. The summed E-state index contributed by atoms with van der Waals surface area (Å²) in [6, 6.07) is 15.6. The van der Waals surface area contributed by atoms with E-state index in [1.54, 1.807) is 0 Å². The Balaban J connectivity index is 2.21. The highest BCUT2D eigenvalue weighted by atomic mass is 16.5. The predicted molar refractivity (Wildman–Crippen MR) is 84.5 cm³/mol. The molecular weight excluding hydrogens is 278 g/mol. The van der Waals surface area contributed by atoms with Gasteiger partial charge in [-0.3, -0.25) is 0 Å². The van der Waals surface area contributed by atoms with E-state index in [9.17, 15) is 4.79 Å². The highest BCUT2D eigenvalue weighted by Crippen LogP contribution is 2.22. The molecule has 0 bridgehead atoms. The third-order valence-electron chi connectivity index (χ3n) is 3.62. The first-order chi connectivity index (χ1) is 10.7. The quantitative estimate of drug-likeness (QED) is 0.750. The van der Waals surface area contributed by atoms with Crippen LogP contribution in [0.1, 0.15) is 21.7 Å². The van der Waals surface area contributed by atoms with Crippen LogP contribution in [0.3, 0.4) is 0 Å². The van der Waals surface area contributed by atoms with Crippen LogP contribution in [-0.2, 0) is 17.8 Å². The zero-order chi connectivity index (χ0) is 15.5. The van der Waals surface area contributed by atoms with Gasteiger partial charge in [-0.05, 0) is 17.2 Å². The van der Waals surface area contributed by atoms with Crippen molar-refractivity contribution >= 4 is 17.0 Å². The molecule has 1 aromatic heterocycles. The van der Waals surface area contributed by atoms with Crippen LogP contribution in [-0.4, -0.2) is 22.6 Å². The molecule has 0 fully saturated rings. The number of aromatic nitrogens is 2. The molecular formula is C17H17N3O2. The average Bonchev–Trinajstić information content (AvgIpc) is 2.94. The molecule has 0 spiro atoms. The van der Waals surface area contributed by atoms with Crippen molar-refractivity contribution in [3.63, 3.8) is 0 Å². The number of carbonyl (C=O) groups is 1. The standard InChI is InChI=1S/C17H17N3O2/c1-22-17(21)16-19-14-9-5-8-13(10-18)15(14)20(16)11-12-6-3-2-4-7-12/h2-9H,10-11,18H2,1H3. The molecule has 0 saturated heterocycles. The molecule has 0 radical (unpaired) electrons. The van der Waals surface area contributed by atoms with Crippen molar-refractivity contribution in [1.29, 1.82) is 0 Å². The molecule has 22 heavy (non-hydrogen) atoms. The first-order valence-corrected chi connectivity index (χ1v) is 7.05. The summed E-state index contributed by atoms with van der Waals surface area (Å²) in [6.45, 7) is 0.928. The lowest BCUT2D eigenvalue weighted by Crippen LogP contribution is -2.13. The molecule has 3 aromatic rings. The maximum atomic E-state index is 12.1. The molecule has 2 aromatic carbocycles. The lowest BCUT2D eigenvalue weighted by atomic mass is 10.1. The predicted octanol–water partition coefficient (Wildman–Crippen LogP) is 2.33. The Morgan fingerprint density at radius 2 is 1.95 bits per heavy atom. The summed E-state index contributed by atoms with van der Waals surface area (Å²) < 4.78 is 6.74. The van der Waals surface area contributed by atoms with Gasteiger partial charge in [-0.15, -0.1) is 0 Å². The fourth-order valence-electron chi connectivity index (χ4n) is 2.59. The van der Waals surface area contributed by atoms with E-state index >= 15 is 0 Å². The average molecular weight is 295 g/mol. The summed E-state index contributed by atoms with van der Waals surface area (Å²) in [6.07, 6.45) is 0. The van der Waals surface area contributed by atoms with Gasteiger partial charge in [-0.25, -0.2) is 9.78 Å². The fraction of sp³-hybridized carbons (Fsp3) is 0.176. The number of hydrogen-bond acceptors (Lipinski definition) is 4. The van der Waals surface area contributed by atoms with Crippen LogP contribution in [0.25, 0.3) is 11.0 Å². The Bertz CT molecular complexity index is 809. The lowest BCUT2D eigenvalue weighted by molar-refractivity contribution is 0.0582. The molecule has 5 heteroatoms. The van der Waals surface area contributed by atoms with Crippen LogP contribution in [0.2, 0.25) is 0 Å². The van der Waals surface area contributed by atoms with Gasteiger partial charge in [0.25, 0.3) is 0 Å². The zero-order valence-electron chi connectivity index (χ0n) is 12.3. The number of nitrogens with zero attached hydrogens (tertiary/aromatic N) is 2. The molecule has 5 nitrogen and oxygen atoms in total. The molecule has 3 rings (SSSR count). The third-order valence-corrected chi connectivity index (χ3v) is 3.62. The van der Waals surface area contributed by atoms with E-state index < -0.39 is 5.97 Å². The lowest BCUT2D eigenvalue weighted by Gasteiger charge is -2.10. The van der Waals surface area contributed by atoms with E-state index in [0.717, 1.165) is 22.2 Å². The summed E-state index contributed by atoms with van der Waals surface area (Å²) in [5.74, 6) is -0.155. The number of rotatable bonds is 4. The molecule has 0 aliphatic heterocycles. The summed E-state index contributed by atoms with van der Waals surface area (Å²) in [5.41, 5.74) is 9.51. The van der Waals surface area contributed by atoms with Crippen molar-refractivity contribution < 1.29 is 9.53 Å². The minimum Gasteiger partial charge on any atom is -0.463 e. The summed E-state index contributed by atoms with van der Waals surface area (Å²) in [4.78, 5) is 16.5. The minimum absolute atomic E-state index is 0.294. The molecule has 0 amide bonds.